The highest BCUT2D eigenvalue weighted by Crippen LogP contribution is 2.43. The van der Waals surface area contributed by atoms with Crippen LogP contribution in [0.5, 0.6) is 11.5 Å². The summed E-state index contributed by atoms with van der Waals surface area (Å²) in [6.45, 7) is 3.99. The van der Waals surface area contributed by atoms with Crippen LogP contribution in [-0.4, -0.2) is 41.6 Å². The minimum Gasteiger partial charge on any atom is -0.490 e. The van der Waals surface area contributed by atoms with Crippen LogP contribution in [0, 0.1) is 5.41 Å². The molecule has 10 heteroatoms. The van der Waals surface area contributed by atoms with Gasteiger partial charge >= 0.3 is 5.97 Å². The highest BCUT2D eigenvalue weighted by molar-refractivity contribution is 9.10. The first-order valence-corrected chi connectivity index (χ1v) is 11.6. The monoisotopic (exact) mass is 510 g/mol. The Balaban J connectivity index is 1.86. The molecule has 0 unspecified atom stereocenters. The molecule has 0 saturated carbocycles. The van der Waals surface area contributed by atoms with Gasteiger partial charge in [0.25, 0.3) is 0 Å². The molecule has 3 rings (SSSR count). The Kier molecular flexibility index (Phi) is 7.68. The van der Waals surface area contributed by atoms with Gasteiger partial charge in [0.15, 0.2) is 23.9 Å². The summed E-state index contributed by atoms with van der Waals surface area (Å²) in [5, 5.41) is 10.9. The number of carbonyl (C=O) groups excluding carboxylic acids is 2. The van der Waals surface area contributed by atoms with Gasteiger partial charge in [-0.25, -0.2) is 9.78 Å². The van der Waals surface area contributed by atoms with Crippen molar-refractivity contribution in [1.82, 2.24) is 4.98 Å². The molecule has 0 aliphatic carbocycles. The van der Waals surface area contributed by atoms with E-state index in [1.807, 2.05) is 6.92 Å². The smallest absolute Gasteiger partial charge is 0.344 e. The van der Waals surface area contributed by atoms with E-state index in [0.717, 1.165) is 11.8 Å². The number of thiazole rings is 1. The lowest BCUT2D eigenvalue weighted by Crippen LogP contribution is -2.15. The lowest BCUT2D eigenvalue weighted by Gasteiger charge is -2.14. The summed E-state index contributed by atoms with van der Waals surface area (Å²) in [7, 11) is 0. The molecule has 0 amide bonds. The number of esters is 1. The molecule has 30 heavy (non-hydrogen) atoms. The Morgan fingerprint density at radius 1 is 1.30 bits per heavy atom. The number of ketones is 1. The van der Waals surface area contributed by atoms with Crippen molar-refractivity contribution in [2.75, 3.05) is 19.8 Å². The van der Waals surface area contributed by atoms with Gasteiger partial charge < -0.3 is 14.2 Å². The van der Waals surface area contributed by atoms with Gasteiger partial charge in [-0.05, 0) is 53.5 Å². The predicted octanol–water partition coefficient (Wildman–Crippen LogP) is 4.66. The first kappa shape index (κ1) is 22.5. The van der Waals surface area contributed by atoms with Crippen LogP contribution in [-0.2, 0) is 14.3 Å². The van der Waals surface area contributed by atoms with Crippen LogP contribution in [0.3, 0.4) is 0 Å². The number of rotatable bonds is 8. The molecule has 0 radical (unpaired) electrons. The molecule has 2 heterocycles. The molecule has 1 N–H and O–H groups in total. The van der Waals surface area contributed by atoms with Gasteiger partial charge in [-0.1, -0.05) is 11.8 Å². The largest absolute Gasteiger partial charge is 0.490 e. The van der Waals surface area contributed by atoms with Crippen LogP contribution < -0.4 is 9.47 Å². The first-order valence-electron chi connectivity index (χ1n) is 9.10. The van der Waals surface area contributed by atoms with Crippen LogP contribution in [0.2, 0.25) is 0 Å². The number of allylic oxidation sites excluding steroid dienone is 1. The van der Waals surface area contributed by atoms with Crippen LogP contribution in [0.25, 0.3) is 6.08 Å². The fraction of sp³-hybridized carbons (Fsp3) is 0.300. The zero-order valence-electron chi connectivity index (χ0n) is 16.3. The number of Topliss-reactive ketones (excluding diaryl/α,β-unsaturated/α-hetero) is 1. The van der Waals surface area contributed by atoms with Gasteiger partial charge in [0.05, 0.1) is 27.6 Å². The first-order chi connectivity index (χ1) is 14.4. The van der Waals surface area contributed by atoms with E-state index in [2.05, 4.69) is 20.9 Å². The van der Waals surface area contributed by atoms with E-state index in [-0.39, 0.29) is 24.0 Å². The van der Waals surface area contributed by atoms with E-state index in [0.29, 0.717) is 38.1 Å². The lowest BCUT2D eigenvalue weighted by molar-refractivity contribution is -0.145. The van der Waals surface area contributed by atoms with Crippen molar-refractivity contribution >= 4 is 61.9 Å². The zero-order chi connectivity index (χ0) is 21.7. The van der Waals surface area contributed by atoms with E-state index in [9.17, 15) is 9.59 Å². The number of nitrogens with one attached hydrogen (secondary N) is 1. The van der Waals surface area contributed by atoms with E-state index in [1.165, 1.54) is 11.3 Å². The van der Waals surface area contributed by atoms with Gasteiger partial charge in [-0.15, -0.1) is 11.3 Å². The third-order valence-corrected chi connectivity index (χ3v) is 6.38. The maximum absolute atomic E-state index is 12.8. The number of hydrogen-bond donors (Lipinski definition) is 1. The average Bonchev–Trinajstić information content (AvgIpc) is 3.30. The van der Waals surface area contributed by atoms with Crippen molar-refractivity contribution in [2.24, 2.45) is 0 Å². The van der Waals surface area contributed by atoms with Crippen molar-refractivity contribution in [1.29, 1.82) is 5.41 Å². The highest BCUT2D eigenvalue weighted by Gasteiger charge is 2.38. The van der Waals surface area contributed by atoms with Gasteiger partial charge in [-0.3, -0.25) is 10.2 Å². The van der Waals surface area contributed by atoms with Gasteiger partial charge in [0.2, 0.25) is 0 Å². The molecule has 0 spiro atoms. The number of thioether (sulfide) groups is 1. The Morgan fingerprint density at radius 3 is 2.77 bits per heavy atom. The molecule has 2 aromatic rings. The predicted molar refractivity (Wildman–Crippen MR) is 121 cm³/mol. The topological polar surface area (TPSA) is 98.6 Å². The second-order valence-electron chi connectivity index (χ2n) is 6.00. The summed E-state index contributed by atoms with van der Waals surface area (Å²) in [6.07, 6.45) is 3.35. The lowest BCUT2D eigenvalue weighted by atomic mass is 10.0. The molecule has 1 aliphatic rings. The zero-order valence-corrected chi connectivity index (χ0v) is 19.5. The van der Waals surface area contributed by atoms with Crippen LogP contribution in [0.4, 0.5) is 0 Å². The van der Waals surface area contributed by atoms with E-state index in [1.54, 1.807) is 36.7 Å². The molecule has 1 fully saturated rings. The Hall–Kier alpha value is -2.17. The van der Waals surface area contributed by atoms with Gasteiger partial charge in [-0.2, -0.15) is 0 Å². The Bertz CT molecular complexity index is 991. The number of hydrogen-bond acceptors (Lipinski definition) is 9. The van der Waals surface area contributed by atoms with E-state index in [4.69, 9.17) is 19.6 Å². The van der Waals surface area contributed by atoms with E-state index >= 15 is 0 Å². The van der Waals surface area contributed by atoms with Crippen molar-refractivity contribution in [3.05, 3.63) is 43.7 Å². The summed E-state index contributed by atoms with van der Waals surface area (Å²) >= 11 is 5.95. The second kappa shape index (κ2) is 10.2. The molecule has 1 aromatic carbocycles. The molecule has 7 nitrogen and oxygen atoms in total. The summed E-state index contributed by atoms with van der Waals surface area (Å²) in [4.78, 5) is 29.1. The SMILES string of the molecule is CCOC(=O)COc1c(Br)cc(/C=C2\SC(=N)[C@H](c3nccs3)C2=O)cc1OCC. The minimum atomic E-state index is -0.636. The maximum Gasteiger partial charge on any atom is 0.344 e. The fourth-order valence-electron chi connectivity index (χ4n) is 2.75. The maximum atomic E-state index is 12.8. The molecule has 1 saturated heterocycles. The average molecular weight is 511 g/mol. The van der Waals surface area contributed by atoms with Crippen molar-refractivity contribution in [3.63, 3.8) is 0 Å². The minimum absolute atomic E-state index is 0.142. The third-order valence-electron chi connectivity index (χ3n) is 3.95. The molecule has 1 aliphatic heterocycles. The van der Waals surface area contributed by atoms with E-state index < -0.39 is 11.9 Å². The quantitative estimate of drug-likeness (QED) is 0.407. The fourth-order valence-corrected chi connectivity index (χ4v) is 5.13. The number of ether oxygens (including phenoxy) is 3. The Labute approximate surface area is 190 Å². The number of benzene rings is 1. The highest BCUT2D eigenvalue weighted by atomic mass is 79.9. The summed E-state index contributed by atoms with van der Waals surface area (Å²) in [5.74, 6) is -0.437. The summed E-state index contributed by atoms with van der Waals surface area (Å²) in [5.41, 5.74) is 0.706. The number of nitrogens with zero attached hydrogens (tertiary/aromatic N) is 1. The van der Waals surface area contributed by atoms with Crippen molar-refractivity contribution in [2.45, 2.75) is 19.8 Å². The number of halogens is 1. The molecule has 1 atom stereocenters. The molecule has 158 valence electrons. The van der Waals surface area contributed by atoms with Crippen molar-refractivity contribution in [3.8, 4) is 11.5 Å². The molecular weight excluding hydrogens is 492 g/mol. The number of aromatic nitrogens is 1. The Morgan fingerprint density at radius 2 is 2.10 bits per heavy atom. The second-order valence-corrected chi connectivity index (χ2v) is 8.86. The van der Waals surface area contributed by atoms with Crippen LogP contribution >= 0.6 is 39.0 Å². The molecular formula is C20H19BrN2O5S2. The van der Waals surface area contributed by atoms with Gasteiger partial charge in [0.1, 0.15) is 10.9 Å². The number of carbonyl (C=O) groups is 2. The molecule has 1 aromatic heterocycles. The van der Waals surface area contributed by atoms with Crippen molar-refractivity contribution < 1.29 is 23.8 Å². The van der Waals surface area contributed by atoms with Gasteiger partial charge in [0, 0.05) is 11.6 Å². The standard InChI is InChI=1S/C20H19BrN2O5S2/c1-3-26-13-8-11(7-12(21)18(13)28-10-15(24)27-4-2)9-14-17(25)16(19(22)30-14)20-23-5-6-29-20/h5-9,16,22H,3-4,10H2,1-2H3/b14-9-,22-19?/t16-/m1/s1. The molecule has 0 bridgehead atoms. The normalized spacial score (nSPS) is 17.4. The summed E-state index contributed by atoms with van der Waals surface area (Å²) < 4.78 is 16.7. The van der Waals surface area contributed by atoms with Crippen LogP contribution in [0.1, 0.15) is 30.3 Å². The van der Waals surface area contributed by atoms with Crippen LogP contribution in [0.15, 0.2) is 33.1 Å². The summed E-state index contributed by atoms with van der Waals surface area (Å²) in [6, 6.07) is 3.50. The third kappa shape index (κ3) is 5.11.